The highest BCUT2D eigenvalue weighted by molar-refractivity contribution is 5.91. The van der Waals surface area contributed by atoms with Gasteiger partial charge in [-0.25, -0.2) is 4.98 Å². The first-order valence-corrected chi connectivity index (χ1v) is 6.47. The van der Waals surface area contributed by atoms with Crippen LogP contribution in [0.4, 0.5) is 5.82 Å². The number of H-pyrrole nitrogens is 1. The molecule has 0 unspecified atom stereocenters. The van der Waals surface area contributed by atoms with E-state index < -0.39 is 4.92 Å². The molecule has 6 heteroatoms. The van der Waals surface area contributed by atoms with Crippen molar-refractivity contribution in [1.29, 1.82) is 0 Å². The van der Waals surface area contributed by atoms with E-state index in [4.69, 9.17) is 0 Å². The fourth-order valence-corrected chi connectivity index (χ4v) is 2.27. The van der Waals surface area contributed by atoms with Crippen molar-refractivity contribution in [3.05, 3.63) is 34.0 Å². The van der Waals surface area contributed by atoms with Crippen molar-refractivity contribution in [3.8, 4) is 0 Å². The van der Waals surface area contributed by atoms with Gasteiger partial charge in [-0.05, 0) is 29.9 Å². The van der Waals surface area contributed by atoms with Gasteiger partial charge in [0, 0.05) is 18.2 Å². The van der Waals surface area contributed by atoms with E-state index in [1.165, 1.54) is 18.6 Å². The zero-order valence-electron chi connectivity index (χ0n) is 10.6. The Kier molecular flexibility index (Phi) is 4.33. The molecule has 1 fully saturated rings. The molecule has 6 nitrogen and oxygen atoms in total. The third kappa shape index (κ3) is 3.94. The lowest BCUT2D eigenvalue weighted by atomic mass is 9.95. The van der Waals surface area contributed by atoms with Gasteiger partial charge in [-0.2, -0.15) is 0 Å². The molecule has 1 amide bonds. The van der Waals surface area contributed by atoms with Gasteiger partial charge in [0.15, 0.2) is 0 Å². The maximum Gasteiger partial charge on any atom is 0.321 e. The summed E-state index contributed by atoms with van der Waals surface area (Å²) in [6.45, 7) is 0. The molecule has 1 aliphatic rings. The topological polar surface area (TPSA) is 88.0 Å². The number of aromatic amines is 1. The SMILES string of the molecule is O=C(C=Cc1ccc([N+](=O)[O-])[nH]1)NC1CCCCC1. The normalized spacial score (nSPS) is 16.6. The van der Waals surface area contributed by atoms with Crippen LogP contribution in [0, 0.1) is 10.1 Å². The van der Waals surface area contributed by atoms with E-state index in [2.05, 4.69) is 10.3 Å². The minimum Gasteiger partial charge on any atom is -0.358 e. The van der Waals surface area contributed by atoms with Crippen LogP contribution in [-0.2, 0) is 4.79 Å². The standard InChI is InChI=1S/C13H17N3O3/c17-13(15-10-4-2-1-3-5-10)9-7-11-6-8-12(14-11)16(18)19/h6-10,14H,1-5H2,(H,15,17). The summed E-state index contributed by atoms with van der Waals surface area (Å²) in [5.41, 5.74) is 0.547. The predicted molar refractivity (Wildman–Crippen MR) is 71.5 cm³/mol. The number of nitrogens with zero attached hydrogens (tertiary/aromatic N) is 1. The second-order valence-corrected chi connectivity index (χ2v) is 4.73. The highest BCUT2D eigenvalue weighted by atomic mass is 16.6. The van der Waals surface area contributed by atoms with E-state index in [-0.39, 0.29) is 17.8 Å². The van der Waals surface area contributed by atoms with E-state index in [1.807, 2.05) is 0 Å². The van der Waals surface area contributed by atoms with Crippen molar-refractivity contribution in [3.63, 3.8) is 0 Å². The first-order chi connectivity index (χ1) is 9.15. The molecule has 19 heavy (non-hydrogen) atoms. The summed E-state index contributed by atoms with van der Waals surface area (Å²) in [6.07, 6.45) is 8.60. The number of rotatable bonds is 4. The number of carbonyl (C=O) groups is 1. The molecule has 102 valence electrons. The fourth-order valence-electron chi connectivity index (χ4n) is 2.27. The lowest BCUT2D eigenvalue weighted by molar-refractivity contribution is -0.389. The molecule has 1 heterocycles. The van der Waals surface area contributed by atoms with Crippen LogP contribution in [0.2, 0.25) is 0 Å². The number of nitrogens with one attached hydrogen (secondary N) is 2. The molecule has 0 bridgehead atoms. The van der Waals surface area contributed by atoms with Gasteiger partial charge in [-0.1, -0.05) is 19.3 Å². The van der Waals surface area contributed by atoms with Crippen molar-refractivity contribution in [2.45, 2.75) is 38.1 Å². The third-order valence-electron chi connectivity index (χ3n) is 3.26. The van der Waals surface area contributed by atoms with Gasteiger partial charge in [-0.3, -0.25) is 4.79 Å². The molecule has 1 aliphatic carbocycles. The van der Waals surface area contributed by atoms with Gasteiger partial charge < -0.3 is 15.4 Å². The molecule has 0 atom stereocenters. The summed E-state index contributed by atoms with van der Waals surface area (Å²) in [5.74, 6) is -0.225. The maximum absolute atomic E-state index is 11.7. The number of amides is 1. The summed E-state index contributed by atoms with van der Waals surface area (Å²) < 4.78 is 0. The molecular weight excluding hydrogens is 246 g/mol. The minimum absolute atomic E-state index is 0.0765. The number of aromatic nitrogens is 1. The van der Waals surface area contributed by atoms with Crippen molar-refractivity contribution in [1.82, 2.24) is 10.3 Å². The van der Waals surface area contributed by atoms with Crippen LogP contribution in [0.3, 0.4) is 0 Å². The smallest absolute Gasteiger partial charge is 0.321 e. The molecule has 0 saturated heterocycles. The zero-order chi connectivity index (χ0) is 13.7. The first-order valence-electron chi connectivity index (χ1n) is 6.47. The minimum atomic E-state index is -0.501. The molecular formula is C13H17N3O3. The second-order valence-electron chi connectivity index (χ2n) is 4.73. The van der Waals surface area contributed by atoms with Crippen molar-refractivity contribution < 1.29 is 9.72 Å². The predicted octanol–water partition coefficient (Wildman–Crippen LogP) is 2.39. The lowest BCUT2D eigenvalue weighted by Gasteiger charge is -2.21. The summed E-state index contributed by atoms with van der Waals surface area (Å²) in [6, 6.07) is 3.21. The van der Waals surface area contributed by atoms with Crippen molar-refractivity contribution in [2.24, 2.45) is 0 Å². The van der Waals surface area contributed by atoms with Crippen LogP contribution < -0.4 is 5.32 Å². The molecule has 0 radical (unpaired) electrons. The Hall–Kier alpha value is -2.11. The maximum atomic E-state index is 11.7. The number of hydrogen-bond acceptors (Lipinski definition) is 3. The van der Waals surface area contributed by atoms with Crippen molar-refractivity contribution in [2.75, 3.05) is 0 Å². The molecule has 1 aromatic rings. The Bertz CT molecular complexity index is 487. The largest absolute Gasteiger partial charge is 0.358 e. The van der Waals surface area contributed by atoms with Gasteiger partial charge in [0.25, 0.3) is 0 Å². The van der Waals surface area contributed by atoms with E-state index in [0.29, 0.717) is 5.69 Å². The first kappa shape index (κ1) is 13.3. The quantitative estimate of drug-likeness (QED) is 0.496. The number of nitro groups is 1. The van der Waals surface area contributed by atoms with Gasteiger partial charge in [0.1, 0.15) is 5.69 Å². The van der Waals surface area contributed by atoms with Crippen LogP contribution in [0.15, 0.2) is 18.2 Å². The number of carbonyl (C=O) groups excluding carboxylic acids is 1. The molecule has 2 N–H and O–H groups in total. The summed E-state index contributed by atoms with van der Waals surface area (Å²) in [7, 11) is 0. The molecule has 0 spiro atoms. The summed E-state index contributed by atoms with van der Waals surface area (Å²) >= 11 is 0. The second kappa shape index (κ2) is 6.17. The van der Waals surface area contributed by atoms with Crippen LogP contribution in [0.1, 0.15) is 37.8 Å². The van der Waals surface area contributed by atoms with E-state index in [0.717, 1.165) is 25.7 Å². The monoisotopic (exact) mass is 263 g/mol. The van der Waals surface area contributed by atoms with Gasteiger partial charge >= 0.3 is 5.82 Å². The Morgan fingerprint density at radius 2 is 2.11 bits per heavy atom. The molecule has 0 aliphatic heterocycles. The average Bonchev–Trinajstić information content (AvgIpc) is 2.86. The molecule has 1 aromatic heterocycles. The highest BCUT2D eigenvalue weighted by Crippen LogP contribution is 2.17. The lowest BCUT2D eigenvalue weighted by Crippen LogP contribution is -2.34. The van der Waals surface area contributed by atoms with E-state index in [9.17, 15) is 14.9 Å². The molecule has 2 rings (SSSR count). The van der Waals surface area contributed by atoms with Crippen LogP contribution >= 0.6 is 0 Å². The summed E-state index contributed by atoms with van der Waals surface area (Å²) in [4.78, 5) is 24.3. The van der Waals surface area contributed by atoms with Gasteiger partial charge in [-0.15, -0.1) is 0 Å². The van der Waals surface area contributed by atoms with Gasteiger partial charge in [0.05, 0.1) is 0 Å². The Morgan fingerprint density at radius 1 is 1.37 bits per heavy atom. The summed E-state index contributed by atoms with van der Waals surface area (Å²) in [5, 5.41) is 13.4. The Balaban J connectivity index is 1.86. The Morgan fingerprint density at radius 3 is 2.74 bits per heavy atom. The molecule has 1 saturated carbocycles. The Labute approximate surface area is 111 Å². The van der Waals surface area contributed by atoms with Gasteiger partial charge in [0.2, 0.25) is 5.91 Å². The molecule has 0 aromatic carbocycles. The van der Waals surface area contributed by atoms with Crippen LogP contribution in [-0.4, -0.2) is 21.9 Å². The number of hydrogen-bond donors (Lipinski definition) is 2. The van der Waals surface area contributed by atoms with Crippen molar-refractivity contribution >= 4 is 17.8 Å². The van der Waals surface area contributed by atoms with E-state index in [1.54, 1.807) is 12.1 Å². The third-order valence-corrected chi connectivity index (χ3v) is 3.26. The average molecular weight is 263 g/mol. The van der Waals surface area contributed by atoms with E-state index >= 15 is 0 Å². The zero-order valence-corrected chi connectivity index (χ0v) is 10.6. The van der Waals surface area contributed by atoms with Crippen LogP contribution in [0.25, 0.3) is 6.08 Å². The van der Waals surface area contributed by atoms with Crippen LogP contribution in [0.5, 0.6) is 0 Å². The fraction of sp³-hybridized carbons (Fsp3) is 0.462. The highest BCUT2D eigenvalue weighted by Gasteiger charge is 2.14.